The molecule has 1 atom stereocenters. The Labute approximate surface area is 250 Å². The first-order valence-corrected chi connectivity index (χ1v) is 15.6. The van der Waals surface area contributed by atoms with Gasteiger partial charge in [-0.2, -0.15) is 0 Å². The van der Waals surface area contributed by atoms with Gasteiger partial charge in [0.05, 0.1) is 12.7 Å². The number of aliphatic hydroxyl groups excluding tert-OH is 1. The minimum Gasteiger partial charge on any atom is -0.492 e. The van der Waals surface area contributed by atoms with Crippen LogP contribution in [-0.4, -0.2) is 88.3 Å². The molecule has 5 rings (SSSR count). The largest absolute Gasteiger partial charge is 0.492 e. The number of piperidine rings is 1. The van der Waals surface area contributed by atoms with E-state index in [1.807, 2.05) is 30.1 Å². The fraction of sp³-hybridized carbons (Fsp3) is 0.387. The number of likely N-dealkylation sites (N-methyl/N-ethyl adjacent to an activating group) is 1. The number of hydrogen-bond acceptors (Lipinski definition) is 7. The number of sulfonamides is 1. The summed E-state index contributed by atoms with van der Waals surface area (Å²) in [4.78, 5) is 16.4. The van der Waals surface area contributed by atoms with E-state index < -0.39 is 33.2 Å². The van der Waals surface area contributed by atoms with Crippen LogP contribution in [0.1, 0.15) is 12.8 Å². The van der Waals surface area contributed by atoms with Crippen molar-refractivity contribution in [2.75, 3.05) is 53.0 Å². The number of hydrogen-bond donors (Lipinski definition) is 2. The third-order valence-corrected chi connectivity index (χ3v) is 9.39. The predicted molar refractivity (Wildman–Crippen MR) is 156 cm³/mol. The van der Waals surface area contributed by atoms with E-state index in [4.69, 9.17) is 9.47 Å². The smallest absolute Gasteiger partial charge is 0.260 e. The van der Waals surface area contributed by atoms with Crippen molar-refractivity contribution in [3.63, 3.8) is 0 Å². The molecule has 1 amide bonds. The molecule has 1 unspecified atom stereocenters. The van der Waals surface area contributed by atoms with Gasteiger partial charge in [-0.3, -0.25) is 4.79 Å². The molecular formula is C31H35F2N3O6S. The van der Waals surface area contributed by atoms with Crippen LogP contribution in [0.2, 0.25) is 0 Å². The van der Waals surface area contributed by atoms with Crippen molar-refractivity contribution in [1.29, 1.82) is 0 Å². The summed E-state index contributed by atoms with van der Waals surface area (Å²) in [6.07, 6.45) is 0.166. The number of halogens is 2. The lowest BCUT2D eigenvalue weighted by Crippen LogP contribution is -2.52. The SMILES string of the molecule is CN1CC(O)CNS(=O)(=O)c2ccc(-c3ccc(F)cc3F)cc2OCC2(CCN(C(=O)COc3ccccc3)CC2)C1. The molecule has 0 saturated carbocycles. The van der Waals surface area contributed by atoms with E-state index in [1.54, 1.807) is 17.0 Å². The predicted octanol–water partition coefficient (Wildman–Crippen LogP) is 3.28. The average Bonchev–Trinajstić information content (AvgIpc) is 2.98. The number of rotatable bonds is 4. The quantitative estimate of drug-likeness (QED) is 0.464. The van der Waals surface area contributed by atoms with Gasteiger partial charge < -0.3 is 24.4 Å². The van der Waals surface area contributed by atoms with Gasteiger partial charge in [-0.05, 0) is 61.9 Å². The van der Waals surface area contributed by atoms with Gasteiger partial charge >= 0.3 is 0 Å². The van der Waals surface area contributed by atoms with Crippen LogP contribution >= 0.6 is 0 Å². The highest BCUT2D eigenvalue weighted by atomic mass is 32.2. The molecule has 230 valence electrons. The first-order chi connectivity index (χ1) is 20.5. The van der Waals surface area contributed by atoms with E-state index in [-0.39, 0.29) is 48.4 Å². The second-order valence-corrected chi connectivity index (χ2v) is 13.0. The zero-order valence-corrected chi connectivity index (χ0v) is 24.7. The van der Waals surface area contributed by atoms with E-state index in [0.717, 1.165) is 12.1 Å². The molecule has 1 spiro atoms. The Hall–Kier alpha value is -3.58. The molecule has 0 aromatic heterocycles. The molecule has 0 radical (unpaired) electrons. The molecule has 2 aliphatic rings. The molecular weight excluding hydrogens is 580 g/mol. The zero-order chi connectivity index (χ0) is 30.6. The summed E-state index contributed by atoms with van der Waals surface area (Å²) in [6.45, 7) is 1.48. The molecule has 0 aliphatic carbocycles. The number of ether oxygens (including phenoxy) is 2. The van der Waals surface area contributed by atoms with Crippen molar-refractivity contribution in [3.05, 3.63) is 78.4 Å². The summed E-state index contributed by atoms with van der Waals surface area (Å²) >= 11 is 0. The number of para-hydroxylation sites is 1. The van der Waals surface area contributed by atoms with Crippen molar-refractivity contribution >= 4 is 15.9 Å². The van der Waals surface area contributed by atoms with Gasteiger partial charge in [0.25, 0.3) is 5.91 Å². The molecule has 1 saturated heterocycles. The second-order valence-electron chi connectivity index (χ2n) is 11.3. The van der Waals surface area contributed by atoms with Crippen molar-refractivity contribution in [1.82, 2.24) is 14.5 Å². The molecule has 2 N–H and O–H groups in total. The summed E-state index contributed by atoms with van der Waals surface area (Å²) in [7, 11) is -2.25. The van der Waals surface area contributed by atoms with E-state index >= 15 is 0 Å². The number of aliphatic hydroxyl groups is 1. The van der Waals surface area contributed by atoms with Crippen LogP contribution in [0.5, 0.6) is 11.5 Å². The third-order valence-electron chi connectivity index (χ3n) is 7.93. The van der Waals surface area contributed by atoms with Crippen molar-refractivity contribution < 1.29 is 36.6 Å². The van der Waals surface area contributed by atoms with Gasteiger partial charge in [0.2, 0.25) is 10.0 Å². The van der Waals surface area contributed by atoms with Gasteiger partial charge in [-0.1, -0.05) is 24.3 Å². The number of benzene rings is 3. The van der Waals surface area contributed by atoms with E-state index in [1.165, 1.54) is 24.3 Å². The second kappa shape index (κ2) is 13.0. The number of β-amino-alcohol motifs (C(OH)–C–C–N with tert-alkyl or cyclic N) is 1. The number of nitrogens with zero attached hydrogens (tertiary/aromatic N) is 2. The minimum atomic E-state index is -4.10. The van der Waals surface area contributed by atoms with E-state index in [0.29, 0.717) is 43.8 Å². The summed E-state index contributed by atoms with van der Waals surface area (Å²) in [5.74, 6) is -1.02. The minimum absolute atomic E-state index is 0.0144. The highest BCUT2D eigenvalue weighted by molar-refractivity contribution is 7.89. The molecule has 3 aromatic rings. The Kier molecular flexibility index (Phi) is 9.30. The Bertz CT molecular complexity index is 1550. The lowest BCUT2D eigenvalue weighted by molar-refractivity contribution is -0.136. The maximum atomic E-state index is 14.6. The number of nitrogens with one attached hydrogen (secondary N) is 1. The highest BCUT2D eigenvalue weighted by Crippen LogP contribution is 2.37. The lowest BCUT2D eigenvalue weighted by Gasteiger charge is -2.44. The van der Waals surface area contributed by atoms with Crippen molar-refractivity contribution in [2.45, 2.75) is 23.8 Å². The Balaban J connectivity index is 1.39. The monoisotopic (exact) mass is 615 g/mol. The van der Waals surface area contributed by atoms with Gasteiger partial charge in [0.15, 0.2) is 6.61 Å². The zero-order valence-electron chi connectivity index (χ0n) is 23.8. The summed E-state index contributed by atoms with van der Waals surface area (Å²) in [5.41, 5.74) is -0.0571. The Morgan fingerprint density at radius 3 is 2.56 bits per heavy atom. The van der Waals surface area contributed by atoms with E-state index in [2.05, 4.69) is 4.72 Å². The van der Waals surface area contributed by atoms with Crippen LogP contribution in [0.15, 0.2) is 71.6 Å². The number of carbonyl (C=O) groups is 1. The molecule has 43 heavy (non-hydrogen) atoms. The summed E-state index contributed by atoms with van der Waals surface area (Å²) in [5, 5.41) is 10.6. The molecule has 0 bridgehead atoms. The molecule has 2 heterocycles. The van der Waals surface area contributed by atoms with Crippen LogP contribution in [0, 0.1) is 17.0 Å². The fourth-order valence-corrected chi connectivity index (χ4v) is 6.84. The standard InChI is InChI=1S/C31H35F2N3O6S/c1-35-18-24(37)17-34-43(39,40)29-10-7-22(26-9-8-23(32)16-27(26)33)15-28(29)42-21-31(20-35)11-13-36(14-12-31)30(38)19-41-25-5-3-2-4-6-25/h2-10,15-16,24,34,37H,11-14,17-21H2,1H3. The van der Waals surface area contributed by atoms with Crippen LogP contribution in [-0.2, 0) is 14.8 Å². The maximum Gasteiger partial charge on any atom is 0.260 e. The summed E-state index contributed by atoms with van der Waals surface area (Å²) < 4.78 is 69.0. The van der Waals surface area contributed by atoms with Gasteiger partial charge in [0.1, 0.15) is 28.0 Å². The van der Waals surface area contributed by atoms with Crippen LogP contribution < -0.4 is 14.2 Å². The van der Waals surface area contributed by atoms with Gasteiger partial charge in [0, 0.05) is 49.8 Å². The molecule has 3 aromatic carbocycles. The third kappa shape index (κ3) is 7.50. The highest BCUT2D eigenvalue weighted by Gasteiger charge is 2.39. The van der Waals surface area contributed by atoms with Crippen LogP contribution in [0.25, 0.3) is 11.1 Å². The number of likely N-dealkylation sites (tertiary alicyclic amines) is 1. The topological polar surface area (TPSA) is 108 Å². The number of carbonyl (C=O) groups excluding carboxylic acids is 1. The summed E-state index contributed by atoms with van der Waals surface area (Å²) in [6, 6.07) is 16.5. The molecule has 9 nitrogen and oxygen atoms in total. The van der Waals surface area contributed by atoms with Crippen molar-refractivity contribution in [3.8, 4) is 22.6 Å². The first kappa shape index (κ1) is 30.9. The molecule has 2 aliphatic heterocycles. The lowest BCUT2D eigenvalue weighted by atomic mass is 9.78. The number of amides is 1. The van der Waals surface area contributed by atoms with Crippen LogP contribution in [0.3, 0.4) is 0 Å². The Morgan fingerprint density at radius 1 is 1.09 bits per heavy atom. The van der Waals surface area contributed by atoms with E-state index in [9.17, 15) is 27.1 Å². The van der Waals surface area contributed by atoms with Gasteiger partial charge in [-0.25, -0.2) is 21.9 Å². The fourth-order valence-electron chi connectivity index (χ4n) is 5.64. The van der Waals surface area contributed by atoms with Crippen molar-refractivity contribution in [2.24, 2.45) is 5.41 Å². The maximum absolute atomic E-state index is 14.6. The normalized spacial score (nSPS) is 20.7. The van der Waals surface area contributed by atoms with Crippen LogP contribution in [0.4, 0.5) is 8.78 Å². The first-order valence-electron chi connectivity index (χ1n) is 14.1. The molecule has 1 fully saturated rings. The Morgan fingerprint density at radius 2 is 1.84 bits per heavy atom. The average molecular weight is 616 g/mol. The van der Waals surface area contributed by atoms with Gasteiger partial charge in [-0.15, -0.1) is 0 Å². The molecule has 12 heteroatoms. The number of fused-ring (bicyclic) bond motifs is 1.